The van der Waals surface area contributed by atoms with Gasteiger partial charge in [0.15, 0.2) is 0 Å². The zero-order valence-electron chi connectivity index (χ0n) is 10.6. The van der Waals surface area contributed by atoms with Crippen LogP contribution in [0.2, 0.25) is 0 Å². The third kappa shape index (κ3) is 2.90. The minimum atomic E-state index is -3.33. The van der Waals surface area contributed by atoms with E-state index in [1.807, 2.05) is 0 Å². The number of thiophene rings is 1. The summed E-state index contributed by atoms with van der Waals surface area (Å²) in [6.45, 7) is 5.46. The Hall–Kier alpha value is -0.100. The Labute approximate surface area is 118 Å². The molecular weight excluding hydrogens is 290 g/mol. The van der Waals surface area contributed by atoms with Crippen LogP contribution >= 0.6 is 22.9 Å². The predicted octanol–water partition coefficient (Wildman–Crippen LogP) is 3.30. The number of hydrogen-bond acceptors (Lipinski definition) is 3. The van der Waals surface area contributed by atoms with E-state index in [-0.39, 0.29) is 5.41 Å². The number of alkyl halides is 1. The summed E-state index contributed by atoms with van der Waals surface area (Å²) in [6, 6.07) is 3.46. The van der Waals surface area contributed by atoms with Gasteiger partial charge in [0, 0.05) is 18.0 Å². The second kappa shape index (κ2) is 5.12. The van der Waals surface area contributed by atoms with Gasteiger partial charge in [0.05, 0.1) is 5.88 Å². The van der Waals surface area contributed by atoms with Crippen molar-refractivity contribution < 1.29 is 8.42 Å². The largest absolute Gasteiger partial charge is 0.252 e. The maximum Gasteiger partial charge on any atom is 0.252 e. The molecule has 1 saturated heterocycles. The number of rotatable bonds is 3. The van der Waals surface area contributed by atoms with Gasteiger partial charge in [-0.25, -0.2) is 8.42 Å². The second-order valence-corrected chi connectivity index (χ2v) is 9.06. The molecule has 2 rings (SSSR count). The molecule has 0 saturated carbocycles. The van der Waals surface area contributed by atoms with E-state index in [4.69, 9.17) is 11.6 Å². The molecule has 1 aromatic heterocycles. The van der Waals surface area contributed by atoms with Crippen molar-refractivity contribution in [2.45, 2.75) is 36.8 Å². The van der Waals surface area contributed by atoms with Crippen molar-refractivity contribution in [3.63, 3.8) is 0 Å². The summed E-state index contributed by atoms with van der Waals surface area (Å²) < 4.78 is 27.0. The van der Waals surface area contributed by atoms with E-state index in [1.165, 1.54) is 11.3 Å². The Morgan fingerprint density at radius 3 is 2.72 bits per heavy atom. The summed E-state index contributed by atoms with van der Waals surface area (Å²) in [5.74, 6) is 0.367. The third-order valence-electron chi connectivity index (χ3n) is 3.23. The summed E-state index contributed by atoms with van der Waals surface area (Å²) in [4.78, 5) is 0.895. The molecule has 18 heavy (non-hydrogen) atoms. The second-order valence-electron chi connectivity index (χ2n) is 5.46. The van der Waals surface area contributed by atoms with Gasteiger partial charge in [-0.05, 0) is 30.4 Å². The number of hydrogen-bond donors (Lipinski definition) is 0. The van der Waals surface area contributed by atoms with Crippen LogP contribution in [0, 0.1) is 5.41 Å². The monoisotopic (exact) mass is 307 g/mol. The highest BCUT2D eigenvalue weighted by Gasteiger charge is 2.34. The highest BCUT2D eigenvalue weighted by atomic mass is 35.5. The Morgan fingerprint density at radius 1 is 1.44 bits per heavy atom. The van der Waals surface area contributed by atoms with E-state index in [9.17, 15) is 8.42 Å². The molecule has 102 valence electrons. The topological polar surface area (TPSA) is 37.4 Å². The van der Waals surface area contributed by atoms with Crippen molar-refractivity contribution in [2.24, 2.45) is 5.41 Å². The average molecular weight is 308 g/mol. The Morgan fingerprint density at radius 2 is 2.17 bits per heavy atom. The van der Waals surface area contributed by atoms with Crippen LogP contribution in [0.1, 0.15) is 31.6 Å². The van der Waals surface area contributed by atoms with Crippen molar-refractivity contribution in [1.29, 1.82) is 0 Å². The van der Waals surface area contributed by atoms with E-state index in [1.54, 1.807) is 16.4 Å². The lowest BCUT2D eigenvalue weighted by atomic mass is 9.85. The number of nitrogens with zero attached hydrogens (tertiary/aromatic N) is 1. The average Bonchev–Trinajstić information content (AvgIpc) is 2.76. The standard InChI is InChI=1S/C12H18ClNO2S2/c1-12(2)6-3-7-14(9-12)18(15,16)11-5-4-10(8-13)17-11/h4-5H,3,6-9H2,1-2H3. The molecule has 0 spiro atoms. The maximum absolute atomic E-state index is 12.5. The quantitative estimate of drug-likeness (QED) is 0.804. The molecule has 2 heterocycles. The number of sulfonamides is 1. The highest BCUT2D eigenvalue weighted by molar-refractivity contribution is 7.91. The van der Waals surface area contributed by atoms with Crippen molar-refractivity contribution in [3.05, 3.63) is 17.0 Å². The van der Waals surface area contributed by atoms with Crippen LogP contribution in [0.3, 0.4) is 0 Å². The summed E-state index contributed by atoms with van der Waals surface area (Å²) in [6.07, 6.45) is 2.01. The number of piperidine rings is 1. The lowest BCUT2D eigenvalue weighted by Gasteiger charge is -2.36. The fourth-order valence-corrected chi connectivity index (χ4v) is 5.55. The SMILES string of the molecule is CC1(C)CCCN(S(=O)(=O)c2ccc(CCl)s2)C1. The lowest BCUT2D eigenvalue weighted by Crippen LogP contribution is -2.43. The van der Waals surface area contributed by atoms with Crippen molar-refractivity contribution >= 4 is 33.0 Å². The summed E-state index contributed by atoms with van der Waals surface area (Å²) >= 11 is 7.00. The molecule has 6 heteroatoms. The molecule has 0 N–H and O–H groups in total. The fraction of sp³-hybridized carbons (Fsp3) is 0.667. The first-order valence-electron chi connectivity index (χ1n) is 6.00. The van der Waals surface area contributed by atoms with Crippen LogP contribution in [0.4, 0.5) is 0 Å². The molecule has 0 unspecified atom stereocenters. The molecule has 1 aliphatic rings. The molecule has 0 atom stereocenters. The van der Waals surface area contributed by atoms with Gasteiger partial charge in [-0.3, -0.25) is 0 Å². The smallest absolute Gasteiger partial charge is 0.206 e. The minimum Gasteiger partial charge on any atom is -0.206 e. The molecule has 1 aliphatic heterocycles. The Bertz CT molecular complexity index is 522. The van der Waals surface area contributed by atoms with Crippen molar-refractivity contribution in [1.82, 2.24) is 4.31 Å². The van der Waals surface area contributed by atoms with E-state index in [0.29, 0.717) is 23.2 Å². The lowest BCUT2D eigenvalue weighted by molar-refractivity contribution is 0.187. The molecule has 0 amide bonds. The molecule has 0 bridgehead atoms. The summed E-state index contributed by atoms with van der Waals surface area (Å²) in [5.41, 5.74) is 0.0674. The molecule has 0 aliphatic carbocycles. The van der Waals surface area contributed by atoms with Crippen LogP contribution in [-0.2, 0) is 15.9 Å². The van der Waals surface area contributed by atoms with Gasteiger partial charge in [-0.2, -0.15) is 4.31 Å². The van der Waals surface area contributed by atoms with Crippen LogP contribution in [0.25, 0.3) is 0 Å². The van der Waals surface area contributed by atoms with Gasteiger partial charge < -0.3 is 0 Å². The first-order valence-corrected chi connectivity index (χ1v) is 8.79. The Kier molecular flexibility index (Phi) is 4.07. The van der Waals surface area contributed by atoms with Gasteiger partial charge in [0.25, 0.3) is 10.0 Å². The predicted molar refractivity (Wildman–Crippen MR) is 75.6 cm³/mol. The summed E-state index contributed by atoms with van der Waals surface area (Å²) in [7, 11) is -3.33. The number of halogens is 1. The van der Waals surface area contributed by atoms with Crippen LogP contribution in [0.15, 0.2) is 16.3 Å². The van der Waals surface area contributed by atoms with Crippen LogP contribution in [-0.4, -0.2) is 25.8 Å². The molecule has 0 aromatic carbocycles. The normalized spacial score (nSPS) is 21.1. The summed E-state index contributed by atoms with van der Waals surface area (Å²) in [5, 5.41) is 0. The molecular formula is C12H18ClNO2S2. The van der Waals surface area contributed by atoms with Crippen molar-refractivity contribution in [3.8, 4) is 0 Å². The Balaban J connectivity index is 2.25. The van der Waals surface area contributed by atoms with Gasteiger partial charge in [-0.15, -0.1) is 22.9 Å². The fourth-order valence-electron chi connectivity index (χ4n) is 2.27. The van der Waals surface area contributed by atoms with E-state index >= 15 is 0 Å². The molecule has 3 nitrogen and oxygen atoms in total. The first kappa shape index (κ1) is 14.3. The zero-order valence-corrected chi connectivity index (χ0v) is 13.0. The van der Waals surface area contributed by atoms with Gasteiger partial charge >= 0.3 is 0 Å². The van der Waals surface area contributed by atoms with E-state index in [2.05, 4.69) is 13.8 Å². The molecule has 1 aromatic rings. The van der Waals surface area contributed by atoms with Gasteiger partial charge in [0.2, 0.25) is 0 Å². The first-order chi connectivity index (χ1) is 8.35. The minimum absolute atomic E-state index is 0.0674. The van der Waals surface area contributed by atoms with Gasteiger partial charge in [-0.1, -0.05) is 13.8 Å². The van der Waals surface area contributed by atoms with E-state index in [0.717, 1.165) is 17.7 Å². The van der Waals surface area contributed by atoms with E-state index < -0.39 is 10.0 Å². The van der Waals surface area contributed by atoms with Crippen molar-refractivity contribution in [2.75, 3.05) is 13.1 Å². The molecule has 0 radical (unpaired) electrons. The van der Waals surface area contributed by atoms with Crippen LogP contribution in [0.5, 0.6) is 0 Å². The molecule has 1 fully saturated rings. The maximum atomic E-state index is 12.5. The third-order valence-corrected chi connectivity index (χ3v) is 7.07. The van der Waals surface area contributed by atoms with Crippen LogP contribution < -0.4 is 0 Å². The highest BCUT2D eigenvalue weighted by Crippen LogP contribution is 2.33. The van der Waals surface area contributed by atoms with Gasteiger partial charge in [0.1, 0.15) is 4.21 Å². The zero-order chi connectivity index (χ0) is 13.4.